The molecule has 0 heterocycles. The minimum Gasteiger partial charge on any atom is -0.488 e. The van der Waals surface area contributed by atoms with E-state index in [-0.39, 0.29) is 12.2 Å². The molecule has 0 N–H and O–H groups in total. The normalized spacial score (nSPS) is 10.0. The van der Waals surface area contributed by atoms with Crippen LogP contribution in [0.4, 0.5) is 8.78 Å². The van der Waals surface area contributed by atoms with Crippen LogP contribution < -0.4 is 4.74 Å². The highest BCUT2D eigenvalue weighted by atomic mass is 19.1. The molecule has 96 valence electrons. The van der Waals surface area contributed by atoms with Crippen LogP contribution in [0.1, 0.15) is 16.7 Å². The molecule has 2 aromatic carbocycles. The summed E-state index contributed by atoms with van der Waals surface area (Å²) in [5.41, 5.74) is 1.43. The lowest BCUT2D eigenvalue weighted by Crippen LogP contribution is -2.00. The molecule has 2 rings (SSSR count). The van der Waals surface area contributed by atoms with Gasteiger partial charge in [-0.1, -0.05) is 6.07 Å². The maximum Gasteiger partial charge on any atom is 0.130 e. The molecule has 2 aromatic rings. The smallest absolute Gasteiger partial charge is 0.130 e. The van der Waals surface area contributed by atoms with Gasteiger partial charge in [0.05, 0.1) is 11.6 Å². The average Bonchev–Trinajstić information content (AvgIpc) is 2.41. The third kappa shape index (κ3) is 3.08. The number of hydrogen-bond donors (Lipinski definition) is 0. The fourth-order valence-electron chi connectivity index (χ4n) is 1.63. The zero-order valence-corrected chi connectivity index (χ0v) is 10.3. The number of nitrogens with zero attached hydrogens (tertiary/aromatic N) is 1. The van der Waals surface area contributed by atoms with E-state index in [9.17, 15) is 8.78 Å². The van der Waals surface area contributed by atoms with E-state index in [4.69, 9.17) is 10.00 Å². The van der Waals surface area contributed by atoms with Crippen LogP contribution >= 0.6 is 0 Å². The fraction of sp³-hybridized carbons (Fsp3) is 0.133. The van der Waals surface area contributed by atoms with E-state index in [0.29, 0.717) is 11.3 Å². The Morgan fingerprint density at radius 3 is 2.68 bits per heavy atom. The summed E-state index contributed by atoms with van der Waals surface area (Å²) in [7, 11) is 0. The van der Waals surface area contributed by atoms with Crippen LogP contribution in [0, 0.1) is 29.9 Å². The van der Waals surface area contributed by atoms with E-state index in [2.05, 4.69) is 0 Å². The number of aryl methyl sites for hydroxylation is 1. The van der Waals surface area contributed by atoms with Crippen LogP contribution in [0.3, 0.4) is 0 Å². The van der Waals surface area contributed by atoms with Gasteiger partial charge in [0.15, 0.2) is 0 Å². The second-order valence-electron chi connectivity index (χ2n) is 4.12. The van der Waals surface area contributed by atoms with Crippen LogP contribution in [0.15, 0.2) is 36.4 Å². The van der Waals surface area contributed by atoms with Crippen molar-refractivity contribution in [2.24, 2.45) is 0 Å². The lowest BCUT2D eigenvalue weighted by atomic mass is 10.1. The summed E-state index contributed by atoms with van der Waals surface area (Å²) < 4.78 is 31.9. The van der Waals surface area contributed by atoms with Gasteiger partial charge in [-0.05, 0) is 42.8 Å². The monoisotopic (exact) mass is 259 g/mol. The van der Waals surface area contributed by atoms with Crippen molar-refractivity contribution in [2.45, 2.75) is 13.5 Å². The highest BCUT2D eigenvalue weighted by Gasteiger charge is 2.07. The Morgan fingerprint density at radius 2 is 1.95 bits per heavy atom. The van der Waals surface area contributed by atoms with Gasteiger partial charge in [-0.2, -0.15) is 5.26 Å². The predicted molar refractivity (Wildman–Crippen MR) is 66.6 cm³/mol. The Balaban J connectivity index is 2.19. The Bertz CT molecular complexity index is 647. The molecule has 19 heavy (non-hydrogen) atoms. The summed E-state index contributed by atoms with van der Waals surface area (Å²) >= 11 is 0. The van der Waals surface area contributed by atoms with Gasteiger partial charge < -0.3 is 4.74 Å². The lowest BCUT2D eigenvalue weighted by molar-refractivity contribution is 0.297. The molecule has 0 amide bonds. The summed E-state index contributed by atoms with van der Waals surface area (Å²) in [6.45, 7) is 1.73. The summed E-state index contributed by atoms with van der Waals surface area (Å²) in [6.07, 6.45) is 0. The molecule has 2 nitrogen and oxygen atoms in total. The summed E-state index contributed by atoms with van der Waals surface area (Å²) in [6, 6.07) is 10.2. The van der Waals surface area contributed by atoms with Gasteiger partial charge in [0.25, 0.3) is 0 Å². The number of benzene rings is 2. The number of halogens is 2. The van der Waals surface area contributed by atoms with E-state index in [1.165, 1.54) is 0 Å². The molecule has 4 heteroatoms. The summed E-state index contributed by atoms with van der Waals surface area (Å²) in [5.74, 6) is -0.541. The molecule has 0 aliphatic rings. The van der Waals surface area contributed by atoms with Gasteiger partial charge in [-0.3, -0.25) is 0 Å². The highest BCUT2D eigenvalue weighted by Crippen LogP contribution is 2.21. The van der Waals surface area contributed by atoms with E-state index in [0.717, 1.165) is 23.8 Å². The molecule has 0 fully saturated rings. The predicted octanol–water partition coefficient (Wildman–Crippen LogP) is 3.72. The first-order chi connectivity index (χ1) is 9.10. The molecule has 0 spiro atoms. The van der Waals surface area contributed by atoms with Crippen molar-refractivity contribution in [3.8, 4) is 11.8 Å². The minimum absolute atomic E-state index is 0.0840. The molecule has 0 saturated carbocycles. The van der Waals surface area contributed by atoms with Gasteiger partial charge in [0.1, 0.15) is 24.0 Å². The molecule has 0 bridgehead atoms. The van der Waals surface area contributed by atoms with Crippen molar-refractivity contribution < 1.29 is 13.5 Å². The van der Waals surface area contributed by atoms with Crippen LogP contribution in [0.25, 0.3) is 0 Å². The number of nitriles is 1. The third-order valence-electron chi connectivity index (χ3n) is 2.71. The second-order valence-corrected chi connectivity index (χ2v) is 4.12. The molecular formula is C15H11F2NO. The van der Waals surface area contributed by atoms with Crippen molar-refractivity contribution in [1.29, 1.82) is 5.26 Å². The Hall–Kier alpha value is -2.41. The van der Waals surface area contributed by atoms with Gasteiger partial charge in [0.2, 0.25) is 0 Å². The first-order valence-corrected chi connectivity index (χ1v) is 5.67. The Morgan fingerprint density at radius 1 is 1.16 bits per heavy atom. The van der Waals surface area contributed by atoms with Crippen molar-refractivity contribution in [2.75, 3.05) is 0 Å². The zero-order valence-electron chi connectivity index (χ0n) is 10.3. The number of hydrogen-bond acceptors (Lipinski definition) is 2. The first kappa shape index (κ1) is 13.0. The van der Waals surface area contributed by atoms with Gasteiger partial charge in [-0.25, -0.2) is 8.78 Å². The molecule has 0 radical (unpaired) electrons. The highest BCUT2D eigenvalue weighted by molar-refractivity contribution is 5.41. The van der Waals surface area contributed by atoms with Gasteiger partial charge >= 0.3 is 0 Å². The van der Waals surface area contributed by atoms with Crippen molar-refractivity contribution in [3.05, 3.63) is 64.7 Å². The van der Waals surface area contributed by atoms with Crippen molar-refractivity contribution in [1.82, 2.24) is 0 Å². The molecule has 0 unspecified atom stereocenters. The van der Waals surface area contributed by atoms with Crippen LogP contribution in [-0.4, -0.2) is 0 Å². The Kier molecular flexibility index (Phi) is 3.76. The maximum absolute atomic E-state index is 13.4. The molecular weight excluding hydrogens is 248 g/mol. The van der Waals surface area contributed by atoms with Crippen LogP contribution in [0.5, 0.6) is 5.75 Å². The molecule has 0 aromatic heterocycles. The van der Waals surface area contributed by atoms with E-state index >= 15 is 0 Å². The SMILES string of the molecule is Cc1ccc(C#N)cc1OCc1cc(F)ccc1F. The standard InChI is InChI=1S/C15H11F2NO/c1-10-2-3-11(8-18)6-15(10)19-9-12-7-13(16)4-5-14(12)17/h2-7H,9H2,1H3. The van der Waals surface area contributed by atoms with Crippen LogP contribution in [-0.2, 0) is 6.61 Å². The van der Waals surface area contributed by atoms with Crippen molar-refractivity contribution in [3.63, 3.8) is 0 Å². The quantitative estimate of drug-likeness (QED) is 0.841. The van der Waals surface area contributed by atoms with E-state index < -0.39 is 11.6 Å². The Labute approximate surface area is 109 Å². The molecule has 0 atom stereocenters. The minimum atomic E-state index is -0.518. The largest absolute Gasteiger partial charge is 0.488 e. The lowest BCUT2D eigenvalue weighted by Gasteiger charge is -2.10. The molecule has 0 aliphatic heterocycles. The van der Waals surface area contributed by atoms with Crippen LogP contribution in [0.2, 0.25) is 0 Å². The third-order valence-corrected chi connectivity index (χ3v) is 2.71. The first-order valence-electron chi connectivity index (χ1n) is 5.67. The summed E-state index contributed by atoms with van der Waals surface area (Å²) in [4.78, 5) is 0. The molecule has 0 saturated heterocycles. The maximum atomic E-state index is 13.4. The van der Waals surface area contributed by atoms with E-state index in [1.54, 1.807) is 18.2 Å². The zero-order chi connectivity index (χ0) is 13.8. The van der Waals surface area contributed by atoms with Gasteiger partial charge in [-0.15, -0.1) is 0 Å². The topological polar surface area (TPSA) is 33.0 Å². The number of rotatable bonds is 3. The average molecular weight is 259 g/mol. The van der Waals surface area contributed by atoms with Crippen molar-refractivity contribution >= 4 is 0 Å². The van der Waals surface area contributed by atoms with E-state index in [1.807, 2.05) is 13.0 Å². The van der Waals surface area contributed by atoms with Gasteiger partial charge in [0, 0.05) is 5.56 Å². The number of ether oxygens (including phenoxy) is 1. The molecule has 0 aliphatic carbocycles. The fourth-order valence-corrected chi connectivity index (χ4v) is 1.63. The second kappa shape index (κ2) is 5.49. The summed E-state index contributed by atoms with van der Waals surface area (Å²) in [5, 5.41) is 8.80.